The number of rotatable bonds is 2. The molecule has 5 nitrogen and oxygen atoms in total. The van der Waals surface area contributed by atoms with Crippen LogP contribution in [0.1, 0.15) is 10.8 Å². The van der Waals surface area contributed by atoms with Crippen molar-refractivity contribution in [3.8, 4) is 0 Å². The van der Waals surface area contributed by atoms with Gasteiger partial charge in [-0.15, -0.1) is 10.2 Å². The predicted molar refractivity (Wildman–Crippen MR) is 66.5 cm³/mol. The molecule has 3 heterocycles. The zero-order valence-electron chi connectivity index (χ0n) is 9.65. The minimum Gasteiger partial charge on any atom is -0.312 e. The molecule has 10 heteroatoms. The molecule has 0 spiro atoms. The number of fused-ring (bicyclic) bond motifs is 1. The standard InChI is InChI=1S/C9H10F3N5S2/c10-9(11,12)7-14-15-8-17(7)16-6(19-8)3-5-4-18-2-1-13-5/h5,13H,1-4H2. The Hall–Kier alpha value is -0.870. The SMILES string of the molecule is FC(F)(F)c1nnc2sc(CC3CSCCN3)nn12. The molecule has 1 saturated heterocycles. The Kier molecular flexibility index (Phi) is 3.39. The second-order valence-electron chi connectivity index (χ2n) is 4.14. The van der Waals surface area contributed by atoms with Crippen LogP contribution in [0.15, 0.2) is 0 Å². The fourth-order valence-corrected chi connectivity index (χ4v) is 3.74. The summed E-state index contributed by atoms with van der Waals surface area (Å²) in [6.45, 7) is 0.924. The highest BCUT2D eigenvalue weighted by Gasteiger charge is 2.38. The Labute approximate surface area is 114 Å². The van der Waals surface area contributed by atoms with Crippen LogP contribution in [0, 0.1) is 0 Å². The molecule has 2 aromatic heterocycles. The van der Waals surface area contributed by atoms with Gasteiger partial charge in [0, 0.05) is 30.5 Å². The number of nitrogens with zero attached hydrogens (tertiary/aromatic N) is 4. The van der Waals surface area contributed by atoms with Crippen LogP contribution in [0.25, 0.3) is 4.96 Å². The number of nitrogens with one attached hydrogen (secondary N) is 1. The summed E-state index contributed by atoms with van der Waals surface area (Å²) >= 11 is 3.00. The van der Waals surface area contributed by atoms with E-state index in [1.807, 2.05) is 11.8 Å². The third kappa shape index (κ3) is 2.70. The third-order valence-electron chi connectivity index (χ3n) is 2.71. The Morgan fingerprint density at radius 3 is 2.89 bits per heavy atom. The second kappa shape index (κ2) is 4.91. The van der Waals surface area contributed by atoms with E-state index in [9.17, 15) is 13.2 Å². The molecule has 1 fully saturated rings. The summed E-state index contributed by atoms with van der Waals surface area (Å²) in [6, 6.07) is 0.261. The van der Waals surface area contributed by atoms with Crippen LogP contribution in [0.5, 0.6) is 0 Å². The van der Waals surface area contributed by atoms with E-state index >= 15 is 0 Å². The summed E-state index contributed by atoms with van der Waals surface area (Å²) in [5.74, 6) is 0.961. The summed E-state index contributed by atoms with van der Waals surface area (Å²) < 4.78 is 38.7. The second-order valence-corrected chi connectivity index (χ2v) is 6.33. The van der Waals surface area contributed by atoms with Gasteiger partial charge < -0.3 is 5.32 Å². The van der Waals surface area contributed by atoms with Crippen molar-refractivity contribution in [1.82, 2.24) is 25.1 Å². The van der Waals surface area contributed by atoms with E-state index in [4.69, 9.17) is 0 Å². The largest absolute Gasteiger partial charge is 0.453 e. The first kappa shape index (κ1) is 13.1. The number of alkyl halides is 3. The molecule has 0 radical (unpaired) electrons. The topological polar surface area (TPSA) is 55.1 Å². The van der Waals surface area contributed by atoms with Crippen molar-refractivity contribution in [2.75, 3.05) is 18.1 Å². The smallest absolute Gasteiger partial charge is 0.312 e. The van der Waals surface area contributed by atoms with Gasteiger partial charge in [-0.05, 0) is 0 Å². The Morgan fingerprint density at radius 1 is 1.37 bits per heavy atom. The van der Waals surface area contributed by atoms with E-state index in [1.54, 1.807) is 0 Å². The van der Waals surface area contributed by atoms with Crippen LogP contribution >= 0.6 is 23.1 Å². The average Bonchev–Trinajstić information content (AvgIpc) is 2.88. The van der Waals surface area contributed by atoms with E-state index in [2.05, 4.69) is 20.6 Å². The lowest BCUT2D eigenvalue weighted by Gasteiger charge is -2.21. The van der Waals surface area contributed by atoms with E-state index < -0.39 is 12.0 Å². The van der Waals surface area contributed by atoms with Gasteiger partial charge in [0.1, 0.15) is 5.01 Å². The maximum atomic E-state index is 12.6. The molecule has 0 aliphatic carbocycles. The monoisotopic (exact) mass is 309 g/mol. The van der Waals surface area contributed by atoms with Crippen molar-refractivity contribution in [2.24, 2.45) is 0 Å². The van der Waals surface area contributed by atoms with Gasteiger partial charge in [0.05, 0.1) is 0 Å². The van der Waals surface area contributed by atoms with Crippen LogP contribution in [0.4, 0.5) is 13.2 Å². The van der Waals surface area contributed by atoms with Crippen LogP contribution < -0.4 is 5.32 Å². The van der Waals surface area contributed by atoms with Gasteiger partial charge in [0.15, 0.2) is 0 Å². The lowest BCUT2D eigenvalue weighted by atomic mass is 10.2. The molecule has 0 saturated carbocycles. The predicted octanol–water partition coefficient (Wildman–Crippen LogP) is 1.45. The van der Waals surface area contributed by atoms with Crippen molar-refractivity contribution in [2.45, 2.75) is 18.6 Å². The van der Waals surface area contributed by atoms with Gasteiger partial charge >= 0.3 is 6.18 Å². The molecule has 2 aromatic rings. The molecule has 3 rings (SSSR count). The number of halogens is 3. The van der Waals surface area contributed by atoms with Crippen molar-refractivity contribution in [1.29, 1.82) is 0 Å². The zero-order valence-corrected chi connectivity index (χ0v) is 11.3. The van der Waals surface area contributed by atoms with Crippen molar-refractivity contribution >= 4 is 28.1 Å². The first-order valence-corrected chi connectivity index (χ1v) is 7.60. The Morgan fingerprint density at radius 2 is 2.21 bits per heavy atom. The first-order valence-electron chi connectivity index (χ1n) is 5.63. The molecular formula is C9H10F3N5S2. The highest BCUT2D eigenvalue weighted by Crippen LogP contribution is 2.29. The minimum absolute atomic E-state index is 0.186. The van der Waals surface area contributed by atoms with Gasteiger partial charge in [0.25, 0.3) is 5.82 Å². The number of hydrogen-bond acceptors (Lipinski definition) is 6. The van der Waals surface area contributed by atoms with Crippen LogP contribution in [-0.2, 0) is 12.6 Å². The van der Waals surface area contributed by atoms with E-state index in [1.165, 1.54) is 0 Å². The molecule has 1 N–H and O–H groups in total. The number of thioether (sulfide) groups is 1. The molecule has 0 amide bonds. The van der Waals surface area contributed by atoms with Crippen LogP contribution in [0.2, 0.25) is 0 Å². The lowest BCUT2D eigenvalue weighted by Crippen LogP contribution is -2.38. The molecule has 1 unspecified atom stereocenters. The van der Waals surface area contributed by atoms with Gasteiger partial charge in [-0.2, -0.15) is 34.5 Å². The normalized spacial score (nSPS) is 21.1. The van der Waals surface area contributed by atoms with Gasteiger partial charge in [0.2, 0.25) is 4.96 Å². The maximum absolute atomic E-state index is 12.6. The molecule has 0 bridgehead atoms. The lowest BCUT2D eigenvalue weighted by molar-refractivity contribution is -0.146. The third-order valence-corrected chi connectivity index (χ3v) is 4.76. The van der Waals surface area contributed by atoms with Gasteiger partial charge in [-0.3, -0.25) is 0 Å². The Balaban J connectivity index is 1.83. The fourth-order valence-electron chi connectivity index (χ4n) is 1.88. The van der Waals surface area contributed by atoms with Crippen molar-refractivity contribution < 1.29 is 13.2 Å². The molecule has 19 heavy (non-hydrogen) atoms. The maximum Gasteiger partial charge on any atom is 0.453 e. The van der Waals surface area contributed by atoms with Crippen molar-refractivity contribution in [3.05, 3.63) is 10.8 Å². The molecule has 0 aromatic carbocycles. The summed E-state index contributed by atoms with van der Waals surface area (Å²) in [5.41, 5.74) is 0. The van der Waals surface area contributed by atoms with Gasteiger partial charge in [-0.25, -0.2) is 0 Å². The molecule has 104 valence electrons. The summed E-state index contributed by atoms with van der Waals surface area (Å²) in [7, 11) is 0. The fraction of sp³-hybridized carbons (Fsp3) is 0.667. The van der Waals surface area contributed by atoms with E-state index in [0.29, 0.717) is 11.4 Å². The van der Waals surface area contributed by atoms with E-state index in [-0.39, 0.29) is 11.0 Å². The number of hydrogen-bond donors (Lipinski definition) is 1. The van der Waals surface area contributed by atoms with Crippen molar-refractivity contribution in [3.63, 3.8) is 0 Å². The molecule has 1 aliphatic rings. The van der Waals surface area contributed by atoms with Crippen LogP contribution in [0.3, 0.4) is 0 Å². The molecule has 1 aliphatic heterocycles. The summed E-state index contributed by atoms with van der Waals surface area (Å²) in [4.78, 5) is 0.186. The first-order chi connectivity index (χ1) is 9.04. The molecular weight excluding hydrogens is 299 g/mol. The highest BCUT2D eigenvalue weighted by molar-refractivity contribution is 7.99. The quantitative estimate of drug-likeness (QED) is 0.910. The molecule has 1 atom stereocenters. The number of aromatic nitrogens is 4. The highest BCUT2D eigenvalue weighted by atomic mass is 32.2. The van der Waals surface area contributed by atoms with Gasteiger partial charge in [-0.1, -0.05) is 11.3 Å². The Bertz CT molecular complexity index is 572. The zero-order chi connectivity index (χ0) is 13.5. The summed E-state index contributed by atoms with van der Waals surface area (Å²) in [6.07, 6.45) is -3.90. The minimum atomic E-state index is -4.52. The van der Waals surface area contributed by atoms with Crippen LogP contribution in [-0.4, -0.2) is 43.9 Å². The van der Waals surface area contributed by atoms with E-state index in [0.717, 1.165) is 33.9 Å². The summed E-state index contributed by atoms with van der Waals surface area (Å²) in [5, 5.41) is 14.6. The average molecular weight is 309 g/mol.